The summed E-state index contributed by atoms with van der Waals surface area (Å²) in [6.07, 6.45) is 0. The SMILES string of the molecule is CN(Cc1ccc(Oc2ccccc2)cc1)C(=O)c1ccc(O)cc1O. The lowest BCUT2D eigenvalue weighted by Crippen LogP contribution is -2.26. The molecule has 3 aromatic carbocycles. The second-order valence-corrected chi connectivity index (χ2v) is 5.92. The van der Waals surface area contributed by atoms with Crippen molar-refractivity contribution in [2.45, 2.75) is 6.54 Å². The van der Waals surface area contributed by atoms with Crippen LogP contribution >= 0.6 is 0 Å². The van der Waals surface area contributed by atoms with Gasteiger partial charge in [0, 0.05) is 19.7 Å². The van der Waals surface area contributed by atoms with Crippen LogP contribution in [0, 0.1) is 0 Å². The highest BCUT2D eigenvalue weighted by Gasteiger charge is 2.16. The van der Waals surface area contributed by atoms with Crippen LogP contribution in [0.25, 0.3) is 0 Å². The molecule has 5 nitrogen and oxygen atoms in total. The molecule has 0 aliphatic heterocycles. The minimum Gasteiger partial charge on any atom is -0.508 e. The number of carbonyl (C=O) groups is 1. The number of amides is 1. The van der Waals surface area contributed by atoms with Gasteiger partial charge in [-0.25, -0.2) is 0 Å². The van der Waals surface area contributed by atoms with Crippen LogP contribution in [0.15, 0.2) is 72.8 Å². The third-order valence-corrected chi connectivity index (χ3v) is 3.88. The van der Waals surface area contributed by atoms with Gasteiger partial charge in [0.15, 0.2) is 0 Å². The summed E-state index contributed by atoms with van der Waals surface area (Å²) < 4.78 is 5.74. The Bertz CT molecular complexity index is 892. The third-order valence-electron chi connectivity index (χ3n) is 3.88. The number of rotatable bonds is 5. The smallest absolute Gasteiger partial charge is 0.257 e. The van der Waals surface area contributed by atoms with E-state index in [0.29, 0.717) is 12.3 Å². The molecule has 0 saturated heterocycles. The zero-order valence-corrected chi connectivity index (χ0v) is 14.3. The van der Waals surface area contributed by atoms with Crippen LogP contribution in [0.2, 0.25) is 0 Å². The van der Waals surface area contributed by atoms with Gasteiger partial charge in [-0.15, -0.1) is 0 Å². The molecule has 0 spiro atoms. The number of phenols is 2. The van der Waals surface area contributed by atoms with E-state index in [2.05, 4.69) is 0 Å². The van der Waals surface area contributed by atoms with Crippen molar-refractivity contribution in [1.82, 2.24) is 4.90 Å². The van der Waals surface area contributed by atoms with E-state index in [4.69, 9.17) is 4.74 Å². The molecule has 3 aromatic rings. The standard InChI is InChI=1S/C21H19NO4/c1-22(21(25)19-12-9-16(23)13-20(19)24)14-15-7-10-18(11-8-15)26-17-5-3-2-4-6-17/h2-13,23-24H,14H2,1H3. The Hall–Kier alpha value is -3.47. The summed E-state index contributed by atoms with van der Waals surface area (Å²) in [5.74, 6) is 0.816. The first-order valence-corrected chi connectivity index (χ1v) is 8.12. The maximum Gasteiger partial charge on any atom is 0.257 e. The molecule has 0 radical (unpaired) electrons. The van der Waals surface area contributed by atoms with Crippen LogP contribution in [0.4, 0.5) is 0 Å². The van der Waals surface area contributed by atoms with E-state index in [1.165, 1.54) is 17.0 Å². The number of phenolic OH excluding ortho intramolecular Hbond substituents is 2. The van der Waals surface area contributed by atoms with Gasteiger partial charge in [-0.3, -0.25) is 4.79 Å². The van der Waals surface area contributed by atoms with Crippen LogP contribution in [-0.4, -0.2) is 28.1 Å². The Morgan fingerprint density at radius 3 is 2.23 bits per heavy atom. The van der Waals surface area contributed by atoms with E-state index >= 15 is 0 Å². The number of ether oxygens (including phenoxy) is 1. The van der Waals surface area contributed by atoms with Crippen molar-refractivity contribution in [2.24, 2.45) is 0 Å². The van der Waals surface area contributed by atoms with Crippen molar-refractivity contribution in [3.63, 3.8) is 0 Å². The summed E-state index contributed by atoms with van der Waals surface area (Å²) in [6, 6.07) is 20.9. The fourth-order valence-electron chi connectivity index (χ4n) is 2.54. The van der Waals surface area contributed by atoms with Gasteiger partial charge < -0.3 is 19.8 Å². The predicted molar refractivity (Wildman–Crippen MR) is 98.5 cm³/mol. The van der Waals surface area contributed by atoms with Crippen LogP contribution in [0.3, 0.4) is 0 Å². The van der Waals surface area contributed by atoms with Crippen LogP contribution in [0.5, 0.6) is 23.0 Å². The van der Waals surface area contributed by atoms with E-state index in [1.807, 2.05) is 54.6 Å². The highest BCUT2D eigenvalue weighted by atomic mass is 16.5. The first kappa shape index (κ1) is 17.4. The quantitative estimate of drug-likeness (QED) is 0.725. The average molecular weight is 349 g/mol. The number of hydrogen-bond acceptors (Lipinski definition) is 4. The molecule has 132 valence electrons. The highest BCUT2D eigenvalue weighted by molar-refractivity contribution is 5.96. The van der Waals surface area contributed by atoms with Gasteiger partial charge in [-0.2, -0.15) is 0 Å². The first-order chi connectivity index (χ1) is 12.5. The number of hydrogen-bond donors (Lipinski definition) is 2. The summed E-state index contributed by atoms with van der Waals surface area (Å²) in [4.78, 5) is 13.9. The second-order valence-electron chi connectivity index (χ2n) is 5.92. The van der Waals surface area contributed by atoms with Crippen molar-refractivity contribution in [2.75, 3.05) is 7.05 Å². The molecule has 26 heavy (non-hydrogen) atoms. The first-order valence-electron chi connectivity index (χ1n) is 8.12. The molecule has 0 unspecified atom stereocenters. The van der Waals surface area contributed by atoms with Crippen molar-refractivity contribution < 1.29 is 19.7 Å². The molecule has 0 fully saturated rings. The Balaban J connectivity index is 1.65. The van der Waals surface area contributed by atoms with E-state index in [1.54, 1.807) is 7.05 Å². The normalized spacial score (nSPS) is 10.3. The zero-order valence-electron chi connectivity index (χ0n) is 14.3. The molecule has 0 aliphatic carbocycles. The Morgan fingerprint density at radius 2 is 1.58 bits per heavy atom. The number of carbonyl (C=O) groups excluding carboxylic acids is 1. The molecule has 0 aliphatic rings. The molecule has 0 atom stereocenters. The molecule has 0 bridgehead atoms. The van der Waals surface area contributed by atoms with Crippen LogP contribution in [0.1, 0.15) is 15.9 Å². The van der Waals surface area contributed by atoms with Gasteiger partial charge >= 0.3 is 0 Å². The topological polar surface area (TPSA) is 70.0 Å². The van der Waals surface area contributed by atoms with E-state index in [0.717, 1.165) is 17.4 Å². The molecule has 0 aromatic heterocycles. The van der Waals surface area contributed by atoms with Gasteiger partial charge in [0.1, 0.15) is 23.0 Å². The molecular weight excluding hydrogens is 330 g/mol. The van der Waals surface area contributed by atoms with Crippen molar-refractivity contribution in [3.8, 4) is 23.0 Å². The molecule has 3 rings (SSSR count). The number of para-hydroxylation sites is 1. The summed E-state index contributed by atoms with van der Waals surface area (Å²) in [5, 5.41) is 19.2. The Morgan fingerprint density at radius 1 is 0.923 bits per heavy atom. The number of aromatic hydroxyl groups is 2. The fraction of sp³-hybridized carbons (Fsp3) is 0.0952. The lowest BCUT2D eigenvalue weighted by atomic mass is 10.1. The molecule has 0 saturated carbocycles. The monoisotopic (exact) mass is 349 g/mol. The summed E-state index contributed by atoms with van der Waals surface area (Å²) in [7, 11) is 1.66. The molecule has 0 heterocycles. The van der Waals surface area contributed by atoms with Gasteiger partial charge in [-0.1, -0.05) is 30.3 Å². The van der Waals surface area contributed by atoms with Gasteiger partial charge in [0.2, 0.25) is 0 Å². The van der Waals surface area contributed by atoms with Crippen molar-refractivity contribution >= 4 is 5.91 Å². The highest BCUT2D eigenvalue weighted by Crippen LogP contribution is 2.25. The lowest BCUT2D eigenvalue weighted by molar-refractivity contribution is 0.0782. The van der Waals surface area contributed by atoms with E-state index in [9.17, 15) is 15.0 Å². The lowest BCUT2D eigenvalue weighted by Gasteiger charge is -2.18. The van der Waals surface area contributed by atoms with E-state index < -0.39 is 0 Å². The summed E-state index contributed by atoms with van der Waals surface area (Å²) >= 11 is 0. The van der Waals surface area contributed by atoms with Crippen LogP contribution < -0.4 is 4.74 Å². The second kappa shape index (κ2) is 7.61. The fourth-order valence-corrected chi connectivity index (χ4v) is 2.54. The summed E-state index contributed by atoms with van der Waals surface area (Å²) in [5.41, 5.74) is 1.08. The number of benzene rings is 3. The minimum atomic E-state index is -0.327. The van der Waals surface area contributed by atoms with Crippen molar-refractivity contribution in [3.05, 3.63) is 83.9 Å². The molecule has 5 heteroatoms. The molecule has 2 N–H and O–H groups in total. The van der Waals surface area contributed by atoms with Crippen molar-refractivity contribution in [1.29, 1.82) is 0 Å². The molecular formula is C21H19NO4. The number of nitrogens with zero attached hydrogens (tertiary/aromatic N) is 1. The zero-order chi connectivity index (χ0) is 18.5. The van der Waals surface area contributed by atoms with Crippen LogP contribution in [-0.2, 0) is 6.54 Å². The third kappa shape index (κ3) is 4.13. The Kier molecular flexibility index (Phi) is 5.08. The maximum atomic E-state index is 12.4. The maximum absolute atomic E-state index is 12.4. The predicted octanol–water partition coefficient (Wildman–Crippen LogP) is 4.16. The van der Waals surface area contributed by atoms with E-state index in [-0.39, 0.29) is 23.0 Å². The Labute approximate surface area is 151 Å². The molecule has 1 amide bonds. The summed E-state index contributed by atoms with van der Waals surface area (Å²) in [6.45, 7) is 0.380. The van der Waals surface area contributed by atoms with Gasteiger partial charge in [0.05, 0.1) is 5.56 Å². The minimum absolute atomic E-state index is 0.0873. The van der Waals surface area contributed by atoms with Gasteiger partial charge in [-0.05, 0) is 42.0 Å². The largest absolute Gasteiger partial charge is 0.508 e. The average Bonchev–Trinajstić information content (AvgIpc) is 2.64. The van der Waals surface area contributed by atoms with Gasteiger partial charge in [0.25, 0.3) is 5.91 Å².